The van der Waals surface area contributed by atoms with E-state index in [4.69, 9.17) is 14.2 Å². The van der Waals surface area contributed by atoms with Crippen LogP contribution in [0.5, 0.6) is 11.5 Å². The molecule has 2 unspecified atom stereocenters. The molecular weight excluding hydrogens is 300 g/mol. The third-order valence-electron chi connectivity index (χ3n) is 4.25. The largest absolute Gasteiger partial charge is 0.497 e. The summed E-state index contributed by atoms with van der Waals surface area (Å²) in [6, 6.07) is 5.23. The van der Waals surface area contributed by atoms with E-state index in [0.29, 0.717) is 29.9 Å². The van der Waals surface area contributed by atoms with Crippen LogP contribution in [0, 0.1) is 11.8 Å². The molecule has 1 N–H and O–H groups in total. The highest BCUT2D eigenvalue weighted by molar-refractivity contribution is 5.81. The van der Waals surface area contributed by atoms with Crippen molar-refractivity contribution in [1.82, 2.24) is 0 Å². The highest BCUT2D eigenvalue weighted by Gasteiger charge is 2.36. The quantitative estimate of drug-likeness (QED) is 0.811. The number of hydrogen-bond acceptors (Lipinski definition) is 5. The highest BCUT2D eigenvalue weighted by Crippen LogP contribution is 2.32. The van der Waals surface area contributed by atoms with Gasteiger partial charge in [-0.3, -0.25) is 9.59 Å². The molecule has 1 aliphatic rings. The molecule has 0 spiro atoms. The van der Waals surface area contributed by atoms with Gasteiger partial charge in [-0.15, -0.1) is 0 Å². The number of benzene rings is 1. The zero-order valence-electron chi connectivity index (χ0n) is 13.4. The van der Waals surface area contributed by atoms with Gasteiger partial charge in [-0.2, -0.15) is 0 Å². The molecule has 6 heteroatoms. The Morgan fingerprint density at radius 3 is 2.43 bits per heavy atom. The van der Waals surface area contributed by atoms with Crippen LogP contribution in [0.4, 0.5) is 0 Å². The van der Waals surface area contributed by atoms with E-state index in [0.717, 1.165) is 12.8 Å². The van der Waals surface area contributed by atoms with Crippen LogP contribution >= 0.6 is 0 Å². The maximum atomic E-state index is 12.3. The van der Waals surface area contributed by atoms with Crippen LogP contribution in [0.25, 0.3) is 0 Å². The monoisotopic (exact) mass is 322 g/mol. The minimum absolute atomic E-state index is 0.0504. The fourth-order valence-electron chi connectivity index (χ4n) is 2.94. The van der Waals surface area contributed by atoms with Gasteiger partial charge in [0.1, 0.15) is 18.1 Å². The number of carbonyl (C=O) groups excluding carboxylic acids is 1. The molecule has 0 radical (unpaired) electrons. The van der Waals surface area contributed by atoms with Crippen molar-refractivity contribution in [3.05, 3.63) is 23.8 Å². The molecule has 1 aliphatic carbocycles. The SMILES string of the molecule is COc1ccc(COC(=O)C2CCCCC2C(=O)O)c(OC)c1. The average molecular weight is 322 g/mol. The Balaban J connectivity index is 2.02. The molecule has 1 fully saturated rings. The van der Waals surface area contributed by atoms with Gasteiger partial charge in [0.05, 0.1) is 26.1 Å². The molecule has 126 valence electrons. The van der Waals surface area contributed by atoms with Gasteiger partial charge in [0.25, 0.3) is 0 Å². The average Bonchev–Trinajstić information content (AvgIpc) is 2.59. The first-order valence-electron chi connectivity index (χ1n) is 7.67. The van der Waals surface area contributed by atoms with Gasteiger partial charge in [0.15, 0.2) is 0 Å². The van der Waals surface area contributed by atoms with Crippen molar-refractivity contribution in [2.24, 2.45) is 11.8 Å². The Hall–Kier alpha value is -2.24. The number of carboxylic acids is 1. The number of carboxylic acid groups (broad SMARTS) is 1. The van der Waals surface area contributed by atoms with Crippen LogP contribution in [0.15, 0.2) is 18.2 Å². The topological polar surface area (TPSA) is 82.1 Å². The Kier molecular flexibility index (Phi) is 5.84. The van der Waals surface area contributed by atoms with Crippen LogP contribution in [-0.4, -0.2) is 31.3 Å². The van der Waals surface area contributed by atoms with Crippen LogP contribution in [-0.2, 0) is 20.9 Å². The lowest BCUT2D eigenvalue weighted by Crippen LogP contribution is -2.33. The molecule has 0 aromatic heterocycles. The maximum absolute atomic E-state index is 12.3. The molecule has 0 aliphatic heterocycles. The summed E-state index contributed by atoms with van der Waals surface area (Å²) in [5.41, 5.74) is 0.712. The summed E-state index contributed by atoms with van der Waals surface area (Å²) in [6.07, 6.45) is 2.79. The number of esters is 1. The van der Waals surface area contributed by atoms with E-state index in [1.165, 1.54) is 7.11 Å². The van der Waals surface area contributed by atoms with Crippen molar-refractivity contribution >= 4 is 11.9 Å². The molecule has 2 rings (SSSR count). The molecular formula is C17H22O6. The summed E-state index contributed by atoms with van der Waals surface area (Å²) in [4.78, 5) is 23.5. The van der Waals surface area contributed by atoms with Gasteiger partial charge in [0.2, 0.25) is 0 Å². The van der Waals surface area contributed by atoms with Crippen LogP contribution in [0.3, 0.4) is 0 Å². The van der Waals surface area contributed by atoms with Crippen molar-refractivity contribution in [2.45, 2.75) is 32.3 Å². The van der Waals surface area contributed by atoms with Crippen LogP contribution in [0.1, 0.15) is 31.2 Å². The van der Waals surface area contributed by atoms with Crippen LogP contribution in [0.2, 0.25) is 0 Å². The lowest BCUT2D eigenvalue weighted by molar-refractivity contribution is -0.160. The molecule has 2 atom stereocenters. The van der Waals surface area contributed by atoms with Gasteiger partial charge in [-0.1, -0.05) is 12.8 Å². The summed E-state index contributed by atoms with van der Waals surface area (Å²) in [7, 11) is 3.09. The smallest absolute Gasteiger partial charge is 0.310 e. The number of aliphatic carboxylic acids is 1. The lowest BCUT2D eigenvalue weighted by Gasteiger charge is -2.26. The van der Waals surface area contributed by atoms with Gasteiger partial charge in [0, 0.05) is 11.6 Å². The fraction of sp³-hybridized carbons (Fsp3) is 0.529. The van der Waals surface area contributed by atoms with Crippen molar-refractivity contribution in [1.29, 1.82) is 0 Å². The second-order valence-corrected chi connectivity index (χ2v) is 5.62. The third kappa shape index (κ3) is 4.15. The number of carbonyl (C=O) groups is 2. The Labute approximate surface area is 135 Å². The van der Waals surface area contributed by atoms with Crippen LogP contribution < -0.4 is 9.47 Å². The molecule has 1 aromatic rings. The van der Waals surface area contributed by atoms with Crippen molar-refractivity contribution in [3.8, 4) is 11.5 Å². The van der Waals surface area contributed by atoms with E-state index in [2.05, 4.69) is 0 Å². The van der Waals surface area contributed by atoms with E-state index in [-0.39, 0.29) is 6.61 Å². The summed E-state index contributed by atoms with van der Waals surface area (Å²) in [5, 5.41) is 9.24. The van der Waals surface area contributed by atoms with Gasteiger partial charge in [-0.05, 0) is 25.0 Å². The fourth-order valence-corrected chi connectivity index (χ4v) is 2.94. The minimum Gasteiger partial charge on any atom is -0.497 e. The summed E-state index contributed by atoms with van der Waals surface area (Å²) in [5.74, 6) is -1.37. The number of rotatable bonds is 6. The maximum Gasteiger partial charge on any atom is 0.310 e. The lowest BCUT2D eigenvalue weighted by atomic mass is 9.79. The molecule has 0 saturated heterocycles. The number of hydrogen-bond donors (Lipinski definition) is 1. The molecule has 1 saturated carbocycles. The predicted octanol–water partition coefficient (Wildman–Crippen LogP) is 2.64. The molecule has 0 heterocycles. The third-order valence-corrected chi connectivity index (χ3v) is 4.25. The molecule has 1 aromatic carbocycles. The first-order valence-corrected chi connectivity index (χ1v) is 7.67. The van der Waals surface area contributed by atoms with E-state index in [1.807, 2.05) is 0 Å². The minimum atomic E-state index is -0.923. The first-order chi connectivity index (χ1) is 11.1. The summed E-state index contributed by atoms with van der Waals surface area (Å²) >= 11 is 0. The number of ether oxygens (including phenoxy) is 3. The van der Waals surface area contributed by atoms with E-state index >= 15 is 0 Å². The second-order valence-electron chi connectivity index (χ2n) is 5.62. The zero-order valence-corrected chi connectivity index (χ0v) is 13.4. The molecule has 0 amide bonds. The van der Waals surface area contributed by atoms with Crippen molar-refractivity contribution in [2.75, 3.05) is 14.2 Å². The Morgan fingerprint density at radius 1 is 1.13 bits per heavy atom. The second kappa shape index (κ2) is 7.85. The summed E-state index contributed by atoms with van der Waals surface area (Å²) in [6.45, 7) is 0.0504. The standard InChI is InChI=1S/C17H22O6/c1-21-12-8-7-11(15(9-12)22-2)10-23-17(20)14-6-4-3-5-13(14)16(18)19/h7-9,13-14H,3-6,10H2,1-2H3,(H,18,19). The Morgan fingerprint density at radius 2 is 1.83 bits per heavy atom. The first kappa shape index (κ1) is 17.1. The van der Waals surface area contributed by atoms with E-state index in [1.54, 1.807) is 25.3 Å². The normalized spacial score (nSPS) is 20.6. The summed E-state index contributed by atoms with van der Waals surface area (Å²) < 4.78 is 15.7. The van der Waals surface area contributed by atoms with Gasteiger partial charge >= 0.3 is 11.9 Å². The highest BCUT2D eigenvalue weighted by atomic mass is 16.5. The van der Waals surface area contributed by atoms with Crippen molar-refractivity contribution in [3.63, 3.8) is 0 Å². The number of methoxy groups -OCH3 is 2. The molecule has 0 bridgehead atoms. The van der Waals surface area contributed by atoms with E-state index < -0.39 is 23.8 Å². The Bertz CT molecular complexity index is 568. The van der Waals surface area contributed by atoms with E-state index in [9.17, 15) is 14.7 Å². The van der Waals surface area contributed by atoms with Gasteiger partial charge < -0.3 is 19.3 Å². The van der Waals surface area contributed by atoms with Crippen molar-refractivity contribution < 1.29 is 28.9 Å². The molecule has 6 nitrogen and oxygen atoms in total. The predicted molar refractivity (Wildman–Crippen MR) is 82.4 cm³/mol. The zero-order chi connectivity index (χ0) is 16.8. The molecule has 23 heavy (non-hydrogen) atoms. The van der Waals surface area contributed by atoms with Gasteiger partial charge in [-0.25, -0.2) is 0 Å².